The van der Waals surface area contributed by atoms with Gasteiger partial charge >= 0.3 is 0 Å². The molecule has 3 heteroatoms. The number of rotatable bonds is 2. The van der Waals surface area contributed by atoms with E-state index in [0.29, 0.717) is 17.2 Å². The second kappa shape index (κ2) is 4.76. The Morgan fingerprint density at radius 3 is 2.62 bits per heavy atom. The van der Waals surface area contributed by atoms with E-state index in [2.05, 4.69) is 6.08 Å². The SMILES string of the molecule is CC1C=CC(c2ccccc2)=C(S(=O)[O-])C1. The van der Waals surface area contributed by atoms with E-state index in [1.165, 1.54) is 0 Å². The highest BCUT2D eigenvalue weighted by Crippen LogP contribution is 2.31. The second-order valence-electron chi connectivity index (χ2n) is 3.98. The molecule has 2 atom stereocenters. The van der Waals surface area contributed by atoms with Crippen molar-refractivity contribution in [2.45, 2.75) is 13.3 Å². The van der Waals surface area contributed by atoms with Crippen molar-refractivity contribution in [1.82, 2.24) is 0 Å². The van der Waals surface area contributed by atoms with Crippen LogP contribution in [0.4, 0.5) is 0 Å². The van der Waals surface area contributed by atoms with Gasteiger partial charge in [-0.15, -0.1) is 0 Å². The quantitative estimate of drug-likeness (QED) is 0.737. The zero-order valence-corrected chi connectivity index (χ0v) is 9.87. The van der Waals surface area contributed by atoms with Crippen molar-refractivity contribution in [3.63, 3.8) is 0 Å². The summed E-state index contributed by atoms with van der Waals surface area (Å²) in [5.41, 5.74) is 1.79. The van der Waals surface area contributed by atoms with Crippen LogP contribution < -0.4 is 0 Å². The molecule has 1 aliphatic carbocycles. The molecule has 0 bridgehead atoms. The third-order valence-electron chi connectivity index (χ3n) is 2.69. The highest BCUT2D eigenvalue weighted by molar-refractivity contribution is 7.83. The smallest absolute Gasteiger partial charge is 0.0108 e. The van der Waals surface area contributed by atoms with Crippen LogP contribution in [0.25, 0.3) is 5.57 Å². The molecule has 0 saturated heterocycles. The Morgan fingerprint density at radius 1 is 1.31 bits per heavy atom. The molecule has 2 unspecified atom stereocenters. The summed E-state index contributed by atoms with van der Waals surface area (Å²) in [5, 5.41) is 0. The molecule has 0 aromatic heterocycles. The van der Waals surface area contributed by atoms with Gasteiger partial charge in [-0.3, -0.25) is 4.21 Å². The molecule has 0 spiro atoms. The van der Waals surface area contributed by atoms with Gasteiger partial charge < -0.3 is 4.55 Å². The molecule has 0 N–H and O–H groups in total. The summed E-state index contributed by atoms with van der Waals surface area (Å²) in [5.74, 6) is 0.292. The average Bonchev–Trinajstić information content (AvgIpc) is 2.30. The Bertz CT molecular complexity index is 460. The van der Waals surface area contributed by atoms with Crippen molar-refractivity contribution in [1.29, 1.82) is 0 Å². The summed E-state index contributed by atoms with van der Waals surface area (Å²) in [6, 6.07) is 9.62. The largest absolute Gasteiger partial charge is 0.769 e. The molecule has 2 nitrogen and oxygen atoms in total. The van der Waals surface area contributed by atoms with Crippen LogP contribution in [0, 0.1) is 5.92 Å². The van der Waals surface area contributed by atoms with Crippen LogP contribution in [0.15, 0.2) is 47.4 Å². The van der Waals surface area contributed by atoms with Crippen LogP contribution in [-0.4, -0.2) is 8.76 Å². The first-order chi connectivity index (χ1) is 7.68. The first-order valence-electron chi connectivity index (χ1n) is 5.24. The van der Waals surface area contributed by atoms with E-state index in [-0.39, 0.29) is 0 Å². The maximum Gasteiger partial charge on any atom is 0.0108 e. The molecule has 0 fully saturated rings. The van der Waals surface area contributed by atoms with Gasteiger partial charge in [0.1, 0.15) is 0 Å². The van der Waals surface area contributed by atoms with Crippen molar-refractivity contribution in [2.24, 2.45) is 5.92 Å². The lowest BCUT2D eigenvalue weighted by Gasteiger charge is -2.21. The Kier molecular flexibility index (Phi) is 3.36. The minimum Gasteiger partial charge on any atom is -0.769 e. The zero-order valence-electron chi connectivity index (χ0n) is 9.05. The van der Waals surface area contributed by atoms with Crippen LogP contribution in [-0.2, 0) is 11.1 Å². The van der Waals surface area contributed by atoms with E-state index < -0.39 is 11.1 Å². The Morgan fingerprint density at radius 2 is 2.00 bits per heavy atom. The molecule has 2 rings (SSSR count). The summed E-state index contributed by atoms with van der Waals surface area (Å²) >= 11 is -2.12. The molecule has 0 radical (unpaired) electrons. The molecule has 84 valence electrons. The third-order valence-corrected chi connectivity index (χ3v) is 3.47. The third kappa shape index (κ3) is 2.31. The highest BCUT2D eigenvalue weighted by atomic mass is 32.2. The van der Waals surface area contributed by atoms with E-state index in [9.17, 15) is 8.76 Å². The van der Waals surface area contributed by atoms with Crippen molar-refractivity contribution < 1.29 is 8.76 Å². The number of allylic oxidation sites excluding steroid dienone is 4. The molecule has 0 amide bonds. The van der Waals surface area contributed by atoms with Crippen LogP contribution in [0.2, 0.25) is 0 Å². The van der Waals surface area contributed by atoms with E-state index >= 15 is 0 Å². The Balaban J connectivity index is 2.48. The van der Waals surface area contributed by atoms with Crippen molar-refractivity contribution in [3.8, 4) is 0 Å². The fourth-order valence-electron chi connectivity index (χ4n) is 1.86. The molecule has 1 aliphatic rings. The summed E-state index contributed by atoms with van der Waals surface area (Å²) < 4.78 is 22.4. The minimum absolute atomic E-state index is 0.292. The summed E-state index contributed by atoms with van der Waals surface area (Å²) in [6.45, 7) is 2.02. The van der Waals surface area contributed by atoms with Crippen LogP contribution in [0.1, 0.15) is 18.9 Å². The predicted octanol–water partition coefficient (Wildman–Crippen LogP) is 2.87. The summed E-state index contributed by atoms with van der Waals surface area (Å²) in [6.07, 6.45) is 4.56. The molecule has 16 heavy (non-hydrogen) atoms. The monoisotopic (exact) mass is 233 g/mol. The van der Waals surface area contributed by atoms with Crippen LogP contribution in [0.3, 0.4) is 0 Å². The molecule has 0 aliphatic heterocycles. The lowest BCUT2D eigenvalue weighted by atomic mass is 9.94. The molecule has 1 aromatic rings. The van der Waals surface area contributed by atoms with Crippen molar-refractivity contribution in [2.75, 3.05) is 0 Å². The van der Waals surface area contributed by atoms with Crippen LogP contribution in [0.5, 0.6) is 0 Å². The first kappa shape index (κ1) is 11.3. The van der Waals surface area contributed by atoms with Gasteiger partial charge in [-0.05, 0) is 34.6 Å². The van der Waals surface area contributed by atoms with Crippen molar-refractivity contribution >= 4 is 16.7 Å². The van der Waals surface area contributed by atoms with Gasteiger partial charge in [0, 0.05) is 4.91 Å². The van der Waals surface area contributed by atoms with E-state index in [1.807, 2.05) is 43.3 Å². The Hall–Kier alpha value is -1.19. The molecule has 0 saturated carbocycles. The lowest BCUT2D eigenvalue weighted by Crippen LogP contribution is -2.06. The minimum atomic E-state index is -2.12. The molecular weight excluding hydrogens is 220 g/mol. The average molecular weight is 233 g/mol. The van der Waals surface area contributed by atoms with Gasteiger partial charge in [0.15, 0.2) is 0 Å². The van der Waals surface area contributed by atoms with Gasteiger partial charge in [0.2, 0.25) is 0 Å². The van der Waals surface area contributed by atoms with E-state index in [0.717, 1.165) is 11.1 Å². The van der Waals surface area contributed by atoms with Crippen LogP contribution >= 0.6 is 0 Å². The maximum atomic E-state index is 11.2. The topological polar surface area (TPSA) is 40.1 Å². The van der Waals surface area contributed by atoms with Gasteiger partial charge in [-0.1, -0.05) is 49.4 Å². The van der Waals surface area contributed by atoms with E-state index in [4.69, 9.17) is 0 Å². The summed E-state index contributed by atoms with van der Waals surface area (Å²) in [7, 11) is 0. The van der Waals surface area contributed by atoms with E-state index in [1.54, 1.807) is 0 Å². The number of hydrogen-bond acceptors (Lipinski definition) is 2. The molecular formula is C13H13O2S-. The van der Waals surface area contributed by atoms with Gasteiger partial charge in [-0.25, -0.2) is 0 Å². The standard InChI is InChI=1S/C13H14O2S/c1-10-7-8-12(13(9-10)16(14)15)11-5-3-2-4-6-11/h2-8,10H,9H2,1H3,(H,14,15)/p-1. The molecule has 0 heterocycles. The normalized spacial score (nSPS) is 22.2. The first-order valence-corrected chi connectivity index (χ1v) is 6.32. The van der Waals surface area contributed by atoms with Gasteiger partial charge in [-0.2, -0.15) is 0 Å². The zero-order chi connectivity index (χ0) is 11.5. The fraction of sp³-hybridized carbons (Fsp3) is 0.231. The van der Waals surface area contributed by atoms with Gasteiger partial charge in [0.05, 0.1) is 0 Å². The highest BCUT2D eigenvalue weighted by Gasteiger charge is 2.14. The molecule has 1 aromatic carbocycles. The fourth-order valence-corrected chi connectivity index (χ4v) is 2.62. The van der Waals surface area contributed by atoms with Gasteiger partial charge in [0.25, 0.3) is 0 Å². The lowest BCUT2D eigenvalue weighted by molar-refractivity contribution is 0.539. The predicted molar refractivity (Wildman–Crippen MR) is 65.2 cm³/mol. The van der Waals surface area contributed by atoms with Crippen molar-refractivity contribution in [3.05, 3.63) is 53.0 Å². The second-order valence-corrected chi connectivity index (χ2v) is 4.94. The maximum absolute atomic E-state index is 11.2. The number of hydrogen-bond donors (Lipinski definition) is 0. The Labute approximate surface area is 98.0 Å². The summed E-state index contributed by atoms with van der Waals surface area (Å²) in [4.78, 5) is 0.515. The number of benzene rings is 1.